The zero-order valence-corrected chi connectivity index (χ0v) is 10.6. The van der Waals surface area contributed by atoms with Crippen LogP contribution in [0, 0.1) is 6.92 Å². The van der Waals surface area contributed by atoms with Crippen LogP contribution < -0.4 is 10.6 Å². The van der Waals surface area contributed by atoms with E-state index in [0.717, 1.165) is 18.0 Å². The SMILES string of the molecule is Cc1cc(N(CCN)C(C)C)n2ncnc2c1. The molecule has 0 atom stereocenters. The highest BCUT2D eigenvalue weighted by Gasteiger charge is 2.14. The molecule has 0 fully saturated rings. The normalized spacial score (nSPS) is 11.4. The highest BCUT2D eigenvalue weighted by Crippen LogP contribution is 2.19. The van der Waals surface area contributed by atoms with Crippen molar-refractivity contribution in [3.8, 4) is 0 Å². The Morgan fingerprint density at radius 3 is 2.82 bits per heavy atom. The van der Waals surface area contributed by atoms with Gasteiger partial charge < -0.3 is 10.6 Å². The van der Waals surface area contributed by atoms with Crippen molar-refractivity contribution < 1.29 is 0 Å². The second kappa shape index (κ2) is 4.71. The molecule has 5 nitrogen and oxygen atoms in total. The van der Waals surface area contributed by atoms with Crippen LogP contribution in [0.4, 0.5) is 5.82 Å². The lowest BCUT2D eigenvalue weighted by atomic mass is 10.2. The Hall–Kier alpha value is -1.62. The monoisotopic (exact) mass is 233 g/mol. The number of aromatic nitrogens is 3. The van der Waals surface area contributed by atoms with Gasteiger partial charge >= 0.3 is 0 Å². The smallest absolute Gasteiger partial charge is 0.157 e. The van der Waals surface area contributed by atoms with Crippen molar-refractivity contribution in [1.29, 1.82) is 0 Å². The summed E-state index contributed by atoms with van der Waals surface area (Å²) in [5.41, 5.74) is 7.74. The summed E-state index contributed by atoms with van der Waals surface area (Å²) in [6.07, 6.45) is 1.58. The maximum absolute atomic E-state index is 5.68. The van der Waals surface area contributed by atoms with E-state index in [9.17, 15) is 0 Å². The van der Waals surface area contributed by atoms with Crippen LogP contribution >= 0.6 is 0 Å². The van der Waals surface area contributed by atoms with Gasteiger partial charge in [-0.2, -0.15) is 9.61 Å². The van der Waals surface area contributed by atoms with Gasteiger partial charge in [0.2, 0.25) is 0 Å². The Morgan fingerprint density at radius 1 is 1.41 bits per heavy atom. The topological polar surface area (TPSA) is 59.5 Å². The third kappa shape index (κ3) is 2.24. The van der Waals surface area contributed by atoms with Crippen LogP contribution in [-0.2, 0) is 0 Å². The quantitative estimate of drug-likeness (QED) is 0.862. The van der Waals surface area contributed by atoms with E-state index in [2.05, 4.69) is 41.8 Å². The lowest BCUT2D eigenvalue weighted by molar-refractivity contribution is 0.662. The van der Waals surface area contributed by atoms with Crippen molar-refractivity contribution in [2.75, 3.05) is 18.0 Å². The van der Waals surface area contributed by atoms with Crippen molar-refractivity contribution >= 4 is 11.5 Å². The number of fused-ring (bicyclic) bond motifs is 1. The minimum absolute atomic E-state index is 0.382. The summed E-state index contributed by atoms with van der Waals surface area (Å²) in [7, 11) is 0. The lowest BCUT2D eigenvalue weighted by Gasteiger charge is -2.28. The van der Waals surface area contributed by atoms with E-state index >= 15 is 0 Å². The molecule has 2 aromatic rings. The molecular weight excluding hydrogens is 214 g/mol. The first-order valence-corrected chi connectivity index (χ1v) is 5.90. The number of nitrogens with two attached hydrogens (primary N) is 1. The summed E-state index contributed by atoms with van der Waals surface area (Å²) in [5, 5.41) is 4.27. The molecule has 0 amide bonds. The zero-order valence-electron chi connectivity index (χ0n) is 10.6. The summed E-state index contributed by atoms with van der Waals surface area (Å²) >= 11 is 0. The number of anilines is 1. The number of rotatable bonds is 4. The molecule has 0 radical (unpaired) electrons. The summed E-state index contributed by atoms with van der Waals surface area (Å²) in [6, 6.07) is 4.53. The average molecular weight is 233 g/mol. The average Bonchev–Trinajstić information content (AvgIpc) is 2.72. The Kier molecular flexibility index (Phi) is 3.28. The fourth-order valence-electron chi connectivity index (χ4n) is 2.02. The van der Waals surface area contributed by atoms with E-state index in [1.165, 1.54) is 5.56 Å². The minimum Gasteiger partial charge on any atom is -0.353 e. The van der Waals surface area contributed by atoms with Gasteiger partial charge in [-0.25, -0.2) is 4.98 Å². The number of nitrogens with zero attached hydrogens (tertiary/aromatic N) is 4. The maximum atomic E-state index is 5.68. The Labute approximate surface area is 101 Å². The molecule has 2 heterocycles. The molecule has 0 aliphatic rings. The van der Waals surface area contributed by atoms with E-state index in [1.54, 1.807) is 6.33 Å². The first-order valence-electron chi connectivity index (χ1n) is 5.90. The first kappa shape index (κ1) is 11.9. The highest BCUT2D eigenvalue weighted by atomic mass is 15.4. The van der Waals surface area contributed by atoms with Gasteiger partial charge in [0.15, 0.2) is 5.65 Å². The number of aryl methyl sites for hydroxylation is 1. The molecule has 17 heavy (non-hydrogen) atoms. The van der Waals surface area contributed by atoms with Crippen molar-refractivity contribution in [3.63, 3.8) is 0 Å². The van der Waals surface area contributed by atoms with E-state index in [-0.39, 0.29) is 0 Å². The van der Waals surface area contributed by atoms with Crippen molar-refractivity contribution in [2.45, 2.75) is 26.8 Å². The molecule has 2 rings (SSSR count). The summed E-state index contributed by atoms with van der Waals surface area (Å²) < 4.78 is 1.86. The van der Waals surface area contributed by atoms with E-state index < -0.39 is 0 Å². The second-order valence-electron chi connectivity index (χ2n) is 4.50. The van der Waals surface area contributed by atoms with Gasteiger partial charge in [-0.3, -0.25) is 0 Å². The predicted molar refractivity (Wildman–Crippen MR) is 69.3 cm³/mol. The fourth-order valence-corrected chi connectivity index (χ4v) is 2.02. The van der Waals surface area contributed by atoms with Crippen LogP contribution in [0.2, 0.25) is 0 Å². The van der Waals surface area contributed by atoms with Gasteiger partial charge in [-0.1, -0.05) is 0 Å². The van der Waals surface area contributed by atoms with Crippen molar-refractivity contribution in [1.82, 2.24) is 14.6 Å². The van der Waals surface area contributed by atoms with Crippen LogP contribution in [0.3, 0.4) is 0 Å². The molecule has 0 aliphatic heterocycles. The molecule has 0 aliphatic carbocycles. The molecule has 2 N–H and O–H groups in total. The van der Waals surface area contributed by atoms with Gasteiger partial charge in [0.05, 0.1) is 0 Å². The Morgan fingerprint density at radius 2 is 2.18 bits per heavy atom. The number of hydrogen-bond acceptors (Lipinski definition) is 4. The molecule has 2 aromatic heterocycles. The van der Waals surface area contributed by atoms with Gasteiger partial charge in [0, 0.05) is 19.1 Å². The van der Waals surface area contributed by atoms with Crippen LogP contribution in [0.15, 0.2) is 18.5 Å². The predicted octanol–water partition coefficient (Wildman–Crippen LogP) is 1.21. The van der Waals surface area contributed by atoms with E-state index in [0.29, 0.717) is 12.6 Å². The molecule has 0 bridgehead atoms. The first-order chi connectivity index (χ1) is 8.13. The zero-order chi connectivity index (χ0) is 12.4. The van der Waals surface area contributed by atoms with Crippen LogP contribution in [0.25, 0.3) is 5.65 Å². The largest absolute Gasteiger partial charge is 0.353 e. The lowest BCUT2D eigenvalue weighted by Crippen LogP contribution is -2.36. The van der Waals surface area contributed by atoms with Gasteiger partial charge in [-0.05, 0) is 38.5 Å². The molecule has 0 spiro atoms. The molecule has 5 heteroatoms. The molecule has 0 unspecified atom stereocenters. The standard InChI is InChI=1S/C12H19N5/c1-9(2)16(5-4-13)12-7-10(3)6-11-14-8-15-17(11)12/h6-9H,4-5,13H2,1-3H3. The van der Waals surface area contributed by atoms with E-state index in [4.69, 9.17) is 5.73 Å². The Balaban J connectivity index is 2.54. The summed E-state index contributed by atoms with van der Waals surface area (Å²) in [4.78, 5) is 6.48. The molecule has 92 valence electrons. The van der Waals surface area contributed by atoms with Crippen LogP contribution in [0.5, 0.6) is 0 Å². The van der Waals surface area contributed by atoms with Gasteiger partial charge in [-0.15, -0.1) is 0 Å². The molecule has 0 saturated heterocycles. The molecule has 0 aromatic carbocycles. The number of hydrogen-bond donors (Lipinski definition) is 1. The van der Waals surface area contributed by atoms with Crippen molar-refractivity contribution in [3.05, 3.63) is 24.0 Å². The minimum atomic E-state index is 0.382. The second-order valence-corrected chi connectivity index (χ2v) is 4.50. The molecular formula is C12H19N5. The van der Waals surface area contributed by atoms with Gasteiger partial charge in [0.1, 0.15) is 12.1 Å². The third-order valence-electron chi connectivity index (χ3n) is 2.79. The third-order valence-corrected chi connectivity index (χ3v) is 2.79. The summed E-state index contributed by atoms with van der Waals surface area (Å²) in [5.74, 6) is 1.05. The van der Waals surface area contributed by atoms with Crippen LogP contribution in [-0.4, -0.2) is 33.7 Å². The molecule has 0 saturated carbocycles. The van der Waals surface area contributed by atoms with Crippen molar-refractivity contribution in [2.24, 2.45) is 5.73 Å². The highest BCUT2D eigenvalue weighted by molar-refractivity contribution is 5.53. The van der Waals surface area contributed by atoms with Crippen LogP contribution in [0.1, 0.15) is 19.4 Å². The Bertz CT molecular complexity index is 503. The van der Waals surface area contributed by atoms with E-state index in [1.807, 2.05) is 10.6 Å². The van der Waals surface area contributed by atoms with Gasteiger partial charge in [0.25, 0.3) is 0 Å². The summed E-state index contributed by atoms with van der Waals surface area (Å²) in [6.45, 7) is 7.82. The number of pyridine rings is 1. The fraction of sp³-hybridized carbons (Fsp3) is 0.500. The maximum Gasteiger partial charge on any atom is 0.157 e.